The molecule has 0 spiro atoms. The second-order valence-corrected chi connectivity index (χ2v) is 8.24. The van der Waals surface area contributed by atoms with Crippen molar-refractivity contribution in [1.82, 2.24) is 9.62 Å². The lowest BCUT2D eigenvalue weighted by atomic mass is 9.97. The molecule has 1 amide bonds. The van der Waals surface area contributed by atoms with Crippen molar-refractivity contribution in [3.63, 3.8) is 0 Å². The first kappa shape index (κ1) is 19.5. The highest BCUT2D eigenvalue weighted by Gasteiger charge is 2.29. The van der Waals surface area contributed by atoms with E-state index in [1.165, 1.54) is 4.31 Å². The van der Waals surface area contributed by atoms with Gasteiger partial charge >= 0.3 is 0 Å². The minimum absolute atomic E-state index is 0.0386. The molecule has 0 unspecified atom stereocenters. The van der Waals surface area contributed by atoms with E-state index in [1.807, 2.05) is 12.1 Å². The molecule has 1 saturated heterocycles. The normalized spacial score (nSPS) is 16.4. The number of ether oxygens (including phenoxy) is 2. The molecule has 8 heteroatoms. The van der Waals surface area contributed by atoms with Gasteiger partial charge in [0.2, 0.25) is 15.9 Å². The van der Waals surface area contributed by atoms with E-state index in [-0.39, 0.29) is 17.6 Å². The fourth-order valence-electron chi connectivity index (χ4n) is 2.90. The highest BCUT2D eigenvalue weighted by molar-refractivity contribution is 7.89. The molecule has 1 aromatic rings. The Hall–Kier alpha value is -1.80. The fraction of sp³-hybridized carbons (Fsp3) is 0.588. The first-order valence-electron chi connectivity index (χ1n) is 8.37. The van der Waals surface area contributed by atoms with Crippen LogP contribution in [0.2, 0.25) is 0 Å². The van der Waals surface area contributed by atoms with Gasteiger partial charge in [0, 0.05) is 25.6 Å². The first-order valence-corrected chi connectivity index (χ1v) is 9.98. The zero-order chi connectivity index (χ0) is 18.4. The largest absolute Gasteiger partial charge is 0.493 e. The number of hydrogen-bond acceptors (Lipinski definition) is 5. The van der Waals surface area contributed by atoms with Gasteiger partial charge < -0.3 is 14.8 Å². The number of sulfonamides is 1. The van der Waals surface area contributed by atoms with Crippen LogP contribution in [0, 0.1) is 5.92 Å². The third-order valence-corrected chi connectivity index (χ3v) is 6.38. The summed E-state index contributed by atoms with van der Waals surface area (Å²) in [6, 6.07) is 5.50. The second-order valence-electron chi connectivity index (χ2n) is 5.98. The predicted molar refractivity (Wildman–Crippen MR) is 95.2 cm³/mol. The lowest BCUT2D eigenvalue weighted by Crippen LogP contribution is -2.43. The lowest BCUT2D eigenvalue weighted by Gasteiger charge is -2.30. The molecule has 0 saturated carbocycles. The lowest BCUT2D eigenvalue weighted by molar-refractivity contribution is -0.126. The molecule has 1 N–H and O–H groups in total. The van der Waals surface area contributed by atoms with Crippen molar-refractivity contribution < 1.29 is 22.7 Å². The molecule has 0 aliphatic carbocycles. The quantitative estimate of drug-likeness (QED) is 0.784. The number of carbonyl (C=O) groups is 1. The number of methoxy groups -OCH3 is 2. The molecular weight excluding hydrogens is 344 g/mol. The molecule has 0 radical (unpaired) electrons. The van der Waals surface area contributed by atoms with Crippen LogP contribution >= 0.6 is 0 Å². The maximum absolute atomic E-state index is 12.3. The first-order chi connectivity index (χ1) is 11.9. The maximum Gasteiger partial charge on any atom is 0.223 e. The van der Waals surface area contributed by atoms with Gasteiger partial charge in [-0.15, -0.1) is 0 Å². The number of carbonyl (C=O) groups excluding carboxylic acids is 1. The van der Waals surface area contributed by atoms with E-state index >= 15 is 0 Å². The van der Waals surface area contributed by atoms with Gasteiger partial charge in [-0.1, -0.05) is 6.07 Å². The predicted octanol–water partition coefficient (Wildman–Crippen LogP) is 1.38. The van der Waals surface area contributed by atoms with Crippen molar-refractivity contribution >= 4 is 15.9 Å². The van der Waals surface area contributed by atoms with Crippen LogP contribution in [-0.2, 0) is 21.4 Å². The summed E-state index contributed by atoms with van der Waals surface area (Å²) in [7, 11) is -0.0225. The van der Waals surface area contributed by atoms with Crippen LogP contribution in [-0.4, -0.2) is 51.7 Å². The van der Waals surface area contributed by atoms with Crippen LogP contribution < -0.4 is 14.8 Å². The maximum atomic E-state index is 12.3. The Balaban J connectivity index is 1.87. The zero-order valence-electron chi connectivity index (χ0n) is 14.9. The van der Waals surface area contributed by atoms with Gasteiger partial charge in [-0.25, -0.2) is 12.7 Å². The van der Waals surface area contributed by atoms with Crippen LogP contribution in [0.25, 0.3) is 0 Å². The Morgan fingerprint density at radius 2 is 1.84 bits per heavy atom. The number of piperidine rings is 1. The van der Waals surface area contributed by atoms with E-state index in [9.17, 15) is 13.2 Å². The van der Waals surface area contributed by atoms with Crippen LogP contribution in [0.3, 0.4) is 0 Å². The van der Waals surface area contributed by atoms with Crippen molar-refractivity contribution in [2.75, 3.05) is 33.1 Å². The Labute approximate surface area is 149 Å². The molecule has 1 aliphatic rings. The minimum atomic E-state index is -3.16. The highest BCUT2D eigenvalue weighted by atomic mass is 32.2. The van der Waals surface area contributed by atoms with Gasteiger partial charge in [0.15, 0.2) is 11.5 Å². The van der Waals surface area contributed by atoms with Crippen molar-refractivity contribution in [1.29, 1.82) is 0 Å². The number of benzene rings is 1. The summed E-state index contributed by atoms with van der Waals surface area (Å²) in [5.74, 6) is 1.17. The molecule has 1 heterocycles. The second kappa shape index (κ2) is 8.53. The summed E-state index contributed by atoms with van der Waals surface area (Å²) in [4.78, 5) is 12.3. The topological polar surface area (TPSA) is 84.9 Å². The molecule has 0 atom stereocenters. The molecule has 1 fully saturated rings. The van der Waals surface area contributed by atoms with Crippen molar-refractivity contribution in [3.05, 3.63) is 23.8 Å². The average Bonchev–Trinajstić information content (AvgIpc) is 2.65. The molecule has 25 heavy (non-hydrogen) atoms. The molecule has 1 aliphatic heterocycles. The van der Waals surface area contributed by atoms with E-state index in [1.54, 1.807) is 27.2 Å². The highest BCUT2D eigenvalue weighted by Crippen LogP contribution is 2.27. The Bertz CT molecular complexity index is 697. The summed E-state index contributed by atoms with van der Waals surface area (Å²) < 4.78 is 35.6. The monoisotopic (exact) mass is 370 g/mol. The summed E-state index contributed by atoms with van der Waals surface area (Å²) >= 11 is 0. The van der Waals surface area contributed by atoms with E-state index in [0.29, 0.717) is 44.0 Å². The van der Waals surface area contributed by atoms with E-state index < -0.39 is 10.0 Å². The Morgan fingerprint density at radius 3 is 2.40 bits per heavy atom. The summed E-state index contributed by atoms with van der Waals surface area (Å²) in [5.41, 5.74) is 0.914. The molecule has 140 valence electrons. The SMILES string of the molecule is CCS(=O)(=O)N1CCC(C(=O)NCc2ccc(OC)c(OC)c2)CC1. The summed E-state index contributed by atoms with van der Waals surface area (Å²) in [5, 5.41) is 2.92. The van der Waals surface area contributed by atoms with Gasteiger partial charge in [0.1, 0.15) is 0 Å². The van der Waals surface area contributed by atoms with Crippen molar-refractivity contribution in [3.8, 4) is 11.5 Å². The number of nitrogens with zero attached hydrogens (tertiary/aromatic N) is 1. The van der Waals surface area contributed by atoms with Gasteiger partial charge in [0.05, 0.1) is 20.0 Å². The Kier molecular flexibility index (Phi) is 6.66. The smallest absolute Gasteiger partial charge is 0.223 e. The molecule has 2 rings (SSSR count). The van der Waals surface area contributed by atoms with Crippen molar-refractivity contribution in [2.45, 2.75) is 26.3 Å². The van der Waals surface area contributed by atoms with E-state index in [0.717, 1.165) is 5.56 Å². The van der Waals surface area contributed by atoms with Gasteiger partial charge in [0.25, 0.3) is 0 Å². The number of rotatable bonds is 7. The summed E-state index contributed by atoms with van der Waals surface area (Å²) in [6.07, 6.45) is 1.11. The third kappa shape index (κ3) is 4.85. The van der Waals surface area contributed by atoms with Crippen molar-refractivity contribution in [2.24, 2.45) is 5.92 Å². The molecule has 7 nitrogen and oxygen atoms in total. The zero-order valence-corrected chi connectivity index (χ0v) is 15.8. The number of hydrogen-bond donors (Lipinski definition) is 1. The number of amides is 1. The van der Waals surface area contributed by atoms with Crippen LogP contribution in [0.5, 0.6) is 11.5 Å². The number of nitrogens with one attached hydrogen (secondary N) is 1. The van der Waals surface area contributed by atoms with Crippen LogP contribution in [0.1, 0.15) is 25.3 Å². The average molecular weight is 370 g/mol. The van der Waals surface area contributed by atoms with Crippen LogP contribution in [0.4, 0.5) is 0 Å². The fourth-order valence-corrected chi connectivity index (χ4v) is 4.04. The summed E-state index contributed by atoms with van der Waals surface area (Å²) in [6.45, 7) is 2.85. The van der Waals surface area contributed by atoms with Crippen LogP contribution in [0.15, 0.2) is 18.2 Å². The molecule has 0 bridgehead atoms. The van der Waals surface area contributed by atoms with Gasteiger partial charge in [-0.3, -0.25) is 4.79 Å². The van der Waals surface area contributed by atoms with Gasteiger partial charge in [-0.05, 0) is 37.5 Å². The molecular formula is C17H26N2O5S. The van der Waals surface area contributed by atoms with E-state index in [4.69, 9.17) is 9.47 Å². The molecule has 1 aromatic carbocycles. The van der Waals surface area contributed by atoms with E-state index in [2.05, 4.69) is 5.32 Å². The standard InChI is InChI=1S/C17H26N2O5S/c1-4-25(21,22)19-9-7-14(8-10-19)17(20)18-12-13-5-6-15(23-2)16(11-13)24-3/h5-6,11,14H,4,7-10,12H2,1-3H3,(H,18,20). The van der Waals surface area contributed by atoms with Gasteiger partial charge in [-0.2, -0.15) is 0 Å². The Morgan fingerprint density at radius 1 is 1.20 bits per heavy atom. The minimum Gasteiger partial charge on any atom is -0.493 e. The molecule has 0 aromatic heterocycles. The third-order valence-electron chi connectivity index (χ3n) is 4.50.